The molecular formula is C33H23N5O. The van der Waals surface area contributed by atoms with Crippen LogP contribution in [0.15, 0.2) is 152 Å². The van der Waals surface area contributed by atoms with Crippen molar-refractivity contribution in [3.8, 4) is 5.75 Å². The second-order valence-corrected chi connectivity index (χ2v) is 9.41. The first kappa shape index (κ1) is 22.8. The summed E-state index contributed by atoms with van der Waals surface area (Å²) in [5.41, 5.74) is 17.3. The first-order chi connectivity index (χ1) is 19.1. The van der Waals surface area contributed by atoms with Crippen LogP contribution in [0, 0.1) is 0 Å². The van der Waals surface area contributed by atoms with Gasteiger partial charge in [0, 0.05) is 16.8 Å². The highest BCUT2D eigenvalue weighted by molar-refractivity contribution is 6.34. The Morgan fingerprint density at radius 1 is 0.538 bits per heavy atom. The summed E-state index contributed by atoms with van der Waals surface area (Å²) in [7, 11) is 1.67. The van der Waals surface area contributed by atoms with Crippen LogP contribution in [0.2, 0.25) is 0 Å². The zero-order chi connectivity index (χ0) is 26.3. The van der Waals surface area contributed by atoms with Gasteiger partial charge in [0.1, 0.15) is 5.75 Å². The number of methoxy groups -OCH3 is 1. The molecule has 7 rings (SSSR count). The molecule has 2 N–H and O–H groups in total. The van der Waals surface area contributed by atoms with Crippen LogP contribution in [0.3, 0.4) is 0 Å². The molecule has 6 heteroatoms. The predicted molar refractivity (Wildman–Crippen MR) is 160 cm³/mol. The number of hydrogen-bond acceptors (Lipinski definition) is 6. The van der Waals surface area contributed by atoms with Gasteiger partial charge in [-0.2, -0.15) is 0 Å². The largest absolute Gasteiger partial charge is 0.497 e. The molecule has 0 amide bonds. The zero-order valence-electron chi connectivity index (χ0n) is 21.2. The van der Waals surface area contributed by atoms with Crippen molar-refractivity contribution < 1.29 is 4.74 Å². The molecule has 0 atom stereocenters. The molecule has 2 aromatic carbocycles. The normalized spacial score (nSPS) is 18.8. The number of fused-ring (bicyclic) bond motifs is 4. The molecule has 0 spiro atoms. The number of nitrogen functional groups attached to an aromatic ring is 1. The van der Waals surface area contributed by atoms with Crippen molar-refractivity contribution in [2.24, 2.45) is 20.0 Å². The van der Waals surface area contributed by atoms with E-state index >= 15 is 0 Å². The van der Waals surface area contributed by atoms with Crippen molar-refractivity contribution in [3.63, 3.8) is 0 Å². The maximum Gasteiger partial charge on any atom is 0.118 e. The number of nitrogens with two attached hydrogens (primary N) is 1. The van der Waals surface area contributed by atoms with E-state index in [1.807, 2.05) is 109 Å². The lowest BCUT2D eigenvalue weighted by atomic mass is 9.98. The van der Waals surface area contributed by atoms with Gasteiger partial charge in [0.25, 0.3) is 0 Å². The monoisotopic (exact) mass is 505 g/mol. The van der Waals surface area contributed by atoms with Gasteiger partial charge in [-0.25, -0.2) is 20.0 Å². The molecule has 5 heterocycles. The number of benzene rings is 2. The minimum Gasteiger partial charge on any atom is -0.497 e. The van der Waals surface area contributed by atoms with Crippen molar-refractivity contribution in [1.29, 1.82) is 0 Å². The maximum atomic E-state index is 5.97. The van der Waals surface area contributed by atoms with Crippen LogP contribution in [-0.4, -0.2) is 30.0 Å². The molecule has 0 unspecified atom stereocenters. The Labute approximate surface area is 226 Å². The van der Waals surface area contributed by atoms with E-state index < -0.39 is 0 Å². The van der Waals surface area contributed by atoms with E-state index in [-0.39, 0.29) is 0 Å². The van der Waals surface area contributed by atoms with Crippen LogP contribution in [0.4, 0.5) is 5.69 Å². The van der Waals surface area contributed by atoms with Gasteiger partial charge in [-0.3, -0.25) is 0 Å². The van der Waals surface area contributed by atoms with Gasteiger partial charge in [0.15, 0.2) is 0 Å². The van der Waals surface area contributed by atoms with E-state index in [0.29, 0.717) is 5.69 Å². The second kappa shape index (κ2) is 9.19. The molecule has 2 aromatic rings. The average molecular weight is 506 g/mol. The summed E-state index contributed by atoms with van der Waals surface area (Å²) in [6, 6.07) is 15.8. The van der Waals surface area contributed by atoms with Gasteiger partial charge in [-0.1, -0.05) is 24.3 Å². The Balaban J connectivity index is 1.41. The Bertz CT molecular complexity index is 1800. The molecular weight excluding hydrogens is 482 g/mol. The van der Waals surface area contributed by atoms with Crippen LogP contribution in [-0.2, 0) is 0 Å². The van der Waals surface area contributed by atoms with E-state index in [4.69, 9.17) is 30.4 Å². The highest BCUT2D eigenvalue weighted by atomic mass is 16.5. The Hall–Kier alpha value is -5.36. The molecule has 0 fully saturated rings. The predicted octanol–water partition coefficient (Wildman–Crippen LogP) is 6.22. The number of aliphatic imine (C=N–C) groups is 4. The average Bonchev–Trinajstić information content (AvgIpc) is 3.77. The molecule has 0 saturated carbocycles. The summed E-state index contributed by atoms with van der Waals surface area (Å²) < 4.78 is 5.37. The Kier molecular flexibility index (Phi) is 5.37. The summed E-state index contributed by atoms with van der Waals surface area (Å²) in [4.78, 5) is 19.8. The van der Waals surface area contributed by atoms with Crippen LogP contribution in [0.25, 0.3) is 11.1 Å². The van der Waals surface area contributed by atoms with Crippen LogP contribution in [0.1, 0.15) is 11.1 Å². The van der Waals surface area contributed by atoms with E-state index in [1.165, 1.54) is 0 Å². The summed E-state index contributed by atoms with van der Waals surface area (Å²) in [6.07, 6.45) is 20.1. The van der Waals surface area contributed by atoms with Crippen LogP contribution >= 0.6 is 0 Å². The molecule has 186 valence electrons. The fraction of sp³-hybridized carbons (Fsp3) is 0.0303. The van der Waals surface area contributed by atoms with Crippen LogP contribution < -0.4 is 10.5 Å². The lowest BCUT2D eigenvalue weighted by Gasteiger charge is -2.10. The quantitative estimate of drug-likeness (QED) is 0.502. The Morgan fingerprint density at radius 2 is 1.03 bits per heavy atom. The van der Waals surface area contributed by atoms with E-state index in [2.05, 4.69) is 0 Å². The smallest absolute Gasteiger partial charge is 0.118 e. The van der Waals surface area contributed by atoms with Crippen molar-refractivity contribution in [3.05, 3.63) is 143 Å². The molecule has 0 saturated heterocycles. The fourth-order valence-corrected chi connectivity index (χ4v) is 4.95. The number of ether oxygens (including phenoxy) is 1. The van der Waals surface area contributed by atoms with Gasteiger partial charge in [-0.05, 0) is 96.2 Å². The summed E-state index contributed by atoms with van der Waals surface area (Å²) in [5, 5.41) is 0. The van der Waals surface area contributed by atoms with Crippen molar-refractivity contribution in [2.45, 2.75) is 0 Å². The molecule has 8 bridgehead atoms. The third kappa shape index (κ3) is 4.28. The molecule has 6 nitrogen and oxygen atoms in total. The standard InChI is InChI=1S/C33H23N5O/c1-39-27-12-4-21(5-13-27)33-30-16-10-25(37-30)18-23-8-14-28(35-23)32(20-2-6-22(34)7-3-20)29-15-9-24(36-29)19-26-11-17-31(33)38-26/h2-19H,34H2,1H3. The van der Waals surface area contributed by atoms with Gasteiger partial charge in [0.2, 0.25) is 0 Å². The first-order valence-electron chi connectivity index (χ1n) is 12.6. The van der Waals surface area contributed by atoms with E-state index in [1.54, 1.807) is 7.11 Å². The molecule has 0 aliphatic carbocycles. The second-order valence-electron chi connectivity index (χ2n) is 9.41. The summed E-state index contributed by atoms with van der Waals surface area (Å²) >= 11 is 0. The molecule has 5 aliphatic rings. The number of allylic oxidation sites excluding steroid dienone is 12. The van der Waals surface area contributed by atoms with Crippen molar-refractivity contribution in [1.82, 2.24) is 0 Å². The van der Waals surface area contributed by atoms with E-state index in [0.717, 1.165) is 73.7 Å². The zero-order valence-corrected chi connectivity index (χ0v) is 21.2. The van der Waals surface area contributed by atoms with Gasteiger partial charge in [-0.15, -0.1) is 0 Å². The summed E-state index contributed by atoms with van der Waals surface area (Å²) in [6.45, 7) is 0. The minimum atomic E-state index is 0.712. The SMILES string of the molecule is COc1ccc(C2=C3C=CC(=N3)C=C3C=CC(=N3)C(c3ccc(N)cc3)=C3C=CC(=N3)C=C3C=CC2=N3)cc1. The molecule has 0 aromatic heterocycles. The third-order valence-corrected chi connectivity index (χ3v) is 6.84. The number of rotatable bonds is 3. The van der Waals surface area contributed by atoms with Gasteiger partial charge in [0.05, 0.1) is 52.7 Å². The maximum absolute atomic E-state index is 5.97. The van der Waals surface area contributed by atoms with Gasteiger partial charge < -0.3 is 10.5 Å². The first-order valence-corrected chi connectivity index (χ1v) is 12.6. The fourth-order valence-electron chi connectivity index (χ4n) is 4.95. The minimum absolute atomic E-state index is 0.712. The molecule has 39 heavy (non-hydrogen) atoms. The topological polar surface area (TPSA) is 84.7 Å². The van der Waals surface area contributed by atoms with Crippen molar-refractivity contribution >= 4 is 39.7 Å². The number of anilines is 1. The van der Waals surface area contributed by atoms with Gasteiger partial charge >= 0.3 is 0 Å². The lowest BCUT2D eigenvalue weighted by molar-refractivity contribution is 0.415. The lowest BCUT2D eigenvalue weighted by Crippen LogP contribution is -2.01. The molecule has 0 radical (unpaired) electrons. The third-order valence-electron chi connectivity index (χ3n) is 6.84. The summed E-state index contributed by atoms with van der Waals surface area (Å²) in [5.74, 6) is 0.799. The van der Waals surface area contributed by atoms with Crippen molar-refractivity contribution in [2.75, 3.05) is 12.8 Å². The highest BCUT2D eigenvalue weighted by Gasteiger charge is 2.22. The van der Waals surface area contributed by atoms with Crippen LogP contribution in [0.5, 0.6) is 5.75 Å². The number of nitrogens with zero attached hydrogens (tertiary/aromatic N) is 4. The number of hydrogen-bond donors (Lipinski definition) is 1. The van der Waals surface area contributed by atoms with E-state index in [9.17, 15) is 0 Å². The Morgan fingerprint density at radius 3 is 1.51 bits per heavy atom. The molecule has 5 aliphatic heterocycles. The highest BCUT2D eigenvalue weighted by Crippen LogP contribution is 2.33.